The summed E-state index contributed by atoms with van der Waals surface area (Å²) in [5.74, 6) is -0.798. The van der Waals surface area contributed by atoms with Crippen molar-refractivity contribution in [2.45, 2.75) is 78.7 Å². The van der Waals surface area contributed by atoms with Gasteiger partial charge < -0.3 is 13.7 Å². The van der Waals surface area contributed by atoms with E-state index in [-0.39, 0.29) is 17.3 Å². The van der Waals surface area contributed by atoms with Gasteiger partial charge in [0.25, 0.3) is 0 Å². The van der Waals surface area contributed by atoms with E-state index in [4.69, 9.17) is 9.16 Å². The van der Waals surface area contributed by atoms with Crippen molar-refractivity contribution >= 4 is 29.2 Å². The Morgan fingerprint density at radius 2 is 1.84 bits per heavy atom. The fraction of sp³-hybridized carbons (Fsp3) is 0.778. The normalized spacial score (nSPS) is 23.9. The quantitative estimate of drug-likeness (QED) is 0.291. The minimum absolute atomic E-state index is 0.0387. The molecule has 1 amide bonds. The molecule has 0 saturated carbocycles. The molecule has 0 spiro atoms. The van der Waals surface area contributed by atoms with Gasteiger partial charge in [0, 0.05) is 6.92 Å². The number of carbonyl (C=O) groups is 2. The van der Waals surface area contributed by atoms with Crippen molar-refractivity contribution in [3.8, 4) is 0 Å². The first-order chi connectivity index (χ1) is 11.2. The van der Waals surface area contributed by atoms with Crippen molar-refractivity contribution in [1.29, 1.82) is 0 Å². The van der Waals surface area contributed by atoms with E-state index in [1.807, 2.05) is 17.6 Å². The molecule has 7 heteroatoms. The van der Waals surface area contributed by atoms with Crippen molar-refractivity contribution in [1.82, 2.24) is 4.57 Å². The highest BCUT2D eigenvalue weighted by Crippen LogP contribution is 2.49. The lowest BCUT2D eigenvalue weighted by Gasteiger charge is -2.60. The van der Waals surface area contributed by atoms with Crippen molar-refractivity contribution in [3.63, 3.8) is 0 Å². The maximum atomic E-state index is 13.2. The Morgan fingerprint density at radius 3 is 2.20 bits per heavy atom. The van der Waals surface area contributed by atoms with Gasteiger partial charge in [0.2, 0.25) is 5.91 Å². The lowest BCUT2D eigenvalue weighted by atomic mass is 9.66. The molecule has 5 nitrogen and oxygen atoms in total. The van der Waals surface area contributed by atoms with Crippen LogP contribution >= 0.6 is 0 Å². The number of nitrogens with zero attached hydrogens (tertiary/aromatic N) is 1. The first-order valence-corrected chi connectivity index (χ1v) is 14.9. The molecule has 1 saturated heterocycles. The van der Waals surface area contributed by atoms with Crippen molar-refractivity contribution in [2.75, 3.05) is 0 Å². The molecule has 0 aromatic carbocycles. The van der Waals surface area contributed by atoms with Crippen LogP contribution in [0.1, 0.15) is 34.6 Å². The van der Waals surface area contributed by atoms with Gasteiger partial charge in [-0.25, -0.2) is 0 Å². The molecule has 1 aliphatic rings. The van der Waals surface area contributed by atoms with Gasteiger partial charge in [-0.15, -0.1) is 6.58 Å². The van der Waals surface area contributed by atoms with Crippen LogP contribution in [-0.4, -0.2) is 45.5 Å². The summed E-state index contributed by atoms with van der Waals surface area (Å²) in [5.41, 5.74) is -0.945. The third-order valence-electron chi connectivity index (χ3n) is 5.19. The number of ether oxygens (including phenoxy) is 1. The van der Waals surface area contributed by atoms with Crippen LogP contribution in [0.2, 0.25) is 32.2 Å². The molecular formula is C18H35NO4Si2. The van der Waals surface area contributed by atoms with E-state index in [0.29, 0.717) is 0 Å². The van der Waals surface area contributed by atoms with Gasteiger partial charge in [0.1, 0.15) is 5.92 Å². The van der Waals surface area contributed by atoms with E-state index in [0.717, 1.165) is 6.04 Å². The average Bonchev–Trinajstić information content (AvgIpc) is 2.34. The molecule has 0 aromatic heterocycles. The minimum Gasteiger partial charge on any atom is -0.441 e. The van der Waals surface area contributed by atoms with Crippen LogP contribution in [0.3, 0.4) is 0 Å². The summed E-state index contributed by atoms with van der Waals surface area (Å²) in [6.45, 7) is 21.9. The zero-order valence-corrected chi connectivity index (χ0v) is 19.5. The number of hydrogen-bond acceptors (Lipinski definition) is 4. The second-order valence-corrected chi connectivity index (χ2v) is 15.9. The molecule has 0 aliphatic carbocycles. The second-order valence-electron chi connectivity index (χ2n) is 9.01. The highest BCUT2D eigenvalue weighted by Gasteiger charge is 2.65. The van der Waals surface area contributed by atoms with Gasteiger partial charge in [-0.3, -0.25) is 9.59 Å². The lowest BCUT2D eigenvalue weighted by Crippen LogP contribution is -2.77. The largest absolute Gasteiger partial charge is 0.441 e. The number of amides is 1. The van der Waals surface area contributed by atoms with Crippen LogP contribution < -0.4 is 0 Å². The van der Waals surface area contributed by atoms with Gasteiger partial charge in [-0.1, -0.05) is 39.9 Å². The average molecular weight is 386 g/mol. The first-order valence-electron chi connectivity index (χ1n) is 8.98. The van der Waals surface area contributed by atoms with Crippen LogP contribution in [0.25, 0.3) is 0 Å². The standard InChI is InChI=1S/C18H35NO4Si2/c1-11-12-25(9,10)19-15(21)14(16(19)22-13(2)20)18(6,17(3,4)5)23-24(7)8/h11,14,16,24H,1,12H2,2-10H3/t14-,16+,18?/m0/s1. The molecule has 3 atom stereocenters. The van der Waals surface area contributed by atoms with Crippen molar-refractivity contribution in [2.24, 2.45) is 11.3 Å². The van der Waals surface area contributed by atoms with Crippen LogP contribution in [0, 0.1) is 11.3 Å². The van der Waals surface area contributed by atoms with Gasteiger partial charge in [0.15, 0.2) is 23.5 Å². The molecule has 1 aliphatic heterocycles. The van der Waals surface area contributed by atoms with Crippen LogP contribution in [-0.2, 0) is 18.8 Å². The molecule has 0 radical (unpaired) electrons. The molecule has 1 unspecified atom stereocenters. The molecule has 0 N–H and O–H groups in total. The number of hydrogen-bond donors (Lipinski definition) is 0. The smallest absolute Gasteiger partial charge is 0.304 e. The molecular weight excluding hydrogens is 350 g/mol. The summed E-state index contributed by atoms with van der Waals surface area (Å²) in [5, 5.41) is 0. The summed E-state index contributed by atoms with van der Waals surface area (Å²) >= 11 is 0. The van der Waals surface area contributed by atoms with E-state index in [1.165, 1.54) is 6.92 Å². The van der Waals surface area contributed by atoms with Crippen molar-refractivity contribution < 1.29 is 18.8 Å². The third kappa shape index (κ3) is 4.26. The van der Waals surface area contributed by atoms with Gasteiger partial charge >= 0.3 is 5.97 Å². The van der Waals surface area contributed by atoms with E-state index >= 15 is 0 Å². The van der Waals surface area contributed by atoms with Crippen molar-refractivity contribution in [3.05, 3.63) is 12.7 Å². The summed E-state index contributed by atoms with van der Waals surface area (Å²) < 4.78 is 13.9. The SMILES string of the molecule is C=CC[Si](C)(C)N1C(=O)[C@H](C(C)(O[SiH](C)C)C(C)(C)C)[C@H]1OC(C)=O. The van der Waals surface area contributed by atoms with E-state index in [1.54, 1.807) is 0 Å². The Labute approximate surface area is 155 Å². The maximum Gasteiger partial charge on any atom is 0.304 e. The molecule has 0 aromatic rings. The van der Waals surface area contributed by atoms with E-state index in [2.05, 4.69) is 53.5 Å². The Hall–Kier alpha value is -0.926. The third-order valence-corrected chi connectivity index (χ3v) is 9.22. The molecule has 1 fully saturated rings. The fourth-order valence-corrected chi connectivity index (χ4v) is 7.57. The fourth-order valence-electron chi connectivity index (χ4n) is 3.56. The summed E-state index contributed by atoms with van der Waals surface area (Å²) in [6.07, 6.45) is 1.29. The van der Waals surface area contributed by atoms with E-state index in [9.17, 15) is 9.59 Å². The number of carbonyl (C=O) groups excluding carboxylic acids is 2. The van der Waals surface area contributed by atoms with Crippen LogP contribution in [0.15, 0.2) is 12.7 Å². The predicted octanol–water partition coefficient (Wildman–Crippen LogP) is 3.53. The zero-order valence-electron chi connectivity index (χ0n) is 17.3. The molecule has 0 bridgehead atoms. The number of allylic oxidation sites excluding steroid dienone is 1. The van der Waals surface area contributed by atoms with Crippen LogP contribution in [0.5, 0.6) is 0 Å². The van der Waals surface area contributed by atoms with Gasteiger partial charge in [0.05, 0.1) is 5.60 Å². The summed E-state index contributed by atoms with van der Waals surface area (Å²) in [7, 11) is -3.50. The Kier molecular flexibility index (Phi) is 6.51. The Bertz CT molecular complexity index is 542. The summed E-state index contributed by atoms with van der Waals surface area (Å²) in [4.78, 5) is 25.0. The highest BCUT2D eigenvalue weighted by molar-refractivity contribution is 6.77. The number of esters is 1. The maximum absolute atomic E-state index is 13.2. The number of rotatable bonds is 7. The first kappa shape index (κ1) is 22.1. The minimum atomic E-state index is -2.09. The Morgan fingerprint density at radius 1 is 1.32 bits per heavy atom. The summed E-state index contributed by atoms with van der Waals surface area (Å²) in [6, 6.07) is 0.759. The monoisotopic (exact) mass is 385 g/mol. The molecule has 144 valence electrons. The lowest BCUT2D eigenvalue weighted by molar-refractivity contribution is -0.215. The molecule has 25 heavy (non-hydrogen) atoms. The second kappa shape index (κ2) is 7.36. The topological polar surface area (TPSA) is 55.8 Å². The van der Waals surface area contributed by atoms with Gasteiger partial charge in [-0.05, 0) is 31.5 Å². The van der Waals surface area contributed by atoms with Gasteiger partial charge in [-0.2, -0.15) is 0 Å². The molecule has 1 rings (SSSR count). The van der Waals surface area contributed by atoms with Crippen LogP contribution in [0.4, 0.5) is 0 Å². The number of β-lactam (4-membered cyclic amide) rings is 1. The molecule has 1 heterocycles. The Balaban J connectivity index is 3.34. The van der Waals surface area contributed by atoms with E-state index < -0.39 is 35.0 Å². The predicted molar refractivity (Wildman–Crippen MR) is 106 cm³/mol. The highest BCUT2D eigenvalue weighted by atomic mass is 28.3. The zero-order chi connectivity index (χ0) is 19.8.